The largest absolute Gasteiger partial charge is 0.438 e. The minimum absolute atomic E-state index is 0.00475. The van der Waals surface area contributed by atoms with Gasteiger partial charge in [0, 0.05) is 30.4 Å². The van der Waals surface area contributed by atoms with E-state index >= 15 is 0 Å². The average molecular weight is 540 g/mol. The number of benzene rings is 2. The molecule has 0 atom stereocenters. The number of aromatic nitrogens is 5. The van der Waals surface area contributed by atoms with Gasteiger partial charge in [0.05, 0.1) is 25.8 Å². The Morgan fingerprint density at radius 3 is 2.50 bits per heavy atom. The number of ether oxygens (including phenoxy) is 2. The summed E-state index contributed by atoms with van der Waals surface area (Å²) in [6.07, 6.45) is 5.11. The van der Waals surface area contributed by atoms with Gasteiger partial charge >= 0.3 is 6.01 Å². The van der Waals surface area contributed by atoms with E-state index < -0.39 is 9.84 Å². The summed E-state index contributed by atoms with van der Waals surface area (Å²) in [5.74, 6) is 1.07. The van der Waals surface area contributed by atoms with Crippen LogP contribution in [0.1, 0.15) is 12.6 Å². The molecule has 0 saturated carbocycles. The number of nitrogens with one attached hydrogen (secondary N) is 1. The van der Waals surface area contributed by atoms with E-state index in [4.69, 9.17) is 9.47 Å². The summed E-state index contributed by atoms with van der Waals surface area (Å²) in [5, 5.41) is 0.660. The van der Waals surface area contributed by atoms with Crippen LogP contribution in [0.2, 0.25) is 0 Å². The Labute approximate surface area is 203 Å². The van der Waals surface area contributed by atoms with Crippen molar-refractivity contribution in [3.63, 3.8) is 0 Å². The van der Waals surface area contributed by atoms with E-state index in [1.165, 1.54) is 12.1 Å². The van der Waals surface area contributed by atoms with Gasteiger partial charge in [0.2, 0.25) is 5.88 Å². The second-order valence-corrected chi connectivity index (χ2v) is 10.3. The van der Waals surface area contributed by atoms with Gasteiger partial charge in [-0.15, -0.1) is 0 Å². The average Bonchev–Trinajstić information content (AvgIpc) is 3.14. The van der Waals surface area contributed by atoms with Crippen LogP contribution in [-0.4, -0.2) is 39.6 Å². The lowest BCUT2D eigenvalue weighted by Crippen LogP contribution is -1.99. The number of rotatable bonds is 6. The van der Waals surface area contributed by atoms with Crippen molar-refractivity contribution in [1.82, 2.24) is 24.9 Å². The highest BCUT2D eigenvalue weighted by Crippen LogP contribution is 2.38. The van der Waals surface area contributed by atoms with Gasteiger partial charge in [0.1, 0.15) is 17.1 Å². The highest BCUT2D eigenvalue weighted by molar-refractivity contribution is 9.10. The van der Waals surface area contributed by atoms with Crippen molar-refractivity contribution in [2.45, 2.75) is 18.2 Å². The summed E-state index contributed by atoms with van der Waals surface area (Å²) in [5.41, 5.74) is 2.87. The smallest absolute Gasteiger partial charge is 0.327 e. The van der Waals surface area contributed by atoms with Crippen LogP contribution in [0, 0.1) is 0 Å². The lowest BCUT2D eigenvalue weighted by atomic mass is 10.3. The first kappa shape index (κ1) is 22.2. The molecule has 0 saturated heterocycles. The lowest BCUT2D eigenvalue weighted by Gasteiger charge is -2.10. The van der Waals surface area contributed by atoms with E-state index in [9.17, 15) is 8.42 Å². The maximum absolute atomic E-state index is 11.9. The highest BCUT2D eigenvalue weighted by atomic mass is 79.9. The summed E-state index contributed by atoms with van der Waals surface area (Å²) >= 11 is 3.62. The van der Waals surface area contributed by atoms with E-state index in [0.717, 1.165) is 28.4 Å². The topological polar surface area (TPSA) is 120 Å². The molecule has 0 aliphatic carbocycles. The Morgan fingerprint density at radius 1 is 0.971 bits per heavy atom. The molecule has 2 aromatic carbocycles. The van der Waals surface area contributed by atoms with Crippen molar-refractivity contribution in [1.29, 1.82) is 0 Å². The van der Waals surface area contributed by atoms with Crippen molar-refractivity contribution in [3.8, 4) is 23.4 Å². The molecule has 34 heavy (non-hydrogen) atoms. The molecule has 0 spiro atoms. The summed E-state index contributed by atoms with van der Waals surface area (Å²) in [4.78, 5) is 20.9. The second-order valence-electron chi connectivity index (χ2n) is 7.46. The van der Waals surface area contributed by atoms with Gasteiger partial charge in [0.25, 0.3) is 0 Å². The summed E-state index contributed by atoms with van der Waals surface area (Å²) in [6.45, 7) is 2.01. The Morgan fingerprint density at radius 2 is 1.74 bits per heavy atom. The highest BCUT2D eigenvalue weighted by Gasteiger charge is 2.20. The van der Waals surface area contributed by atoms with Gasteiger partial charge in [-0.1, -0.05) is 13.0 Å². The summed E-state index contributed by atoms with van der Waals surface area (Å²) in [6, 6.07) is 11.5. The molecule has 5 aromatic rings. The molecule has 0 aliphatic rings. The zero-order valence-electron chi connectivity index (χ0n) is 18.1. The monoisotopic (exact) mass is 539 g/mol. The van der Waals surface area contributed by atoms with Crippen LogP contribution in [0.25, 0.3) is 22.1 Å². The third-order valence-electron chi connectivity index (χ3n) is 5.06. The van der Waals surface area contributed by atoms with Crippen LogP contribution in [0.15, 0.2) is 64.2 Å². The molecule has 0 fully saturated rings. The second kappa shape index (κ2) is 8.65. The first-order valence-corrected chi connectivity index (χ1v) is 12.9. The van der Waals surface area contributed by atoms with E-state index in [1.807, 2.05) is 13.0 Å². The Kier molecular flexibility index (Phi) is 5.66. The number of sulfone groups is 1. The summed E-state index contributed by atoms with van der Waals surface area (Å²) in [7, 11) is -3.39. The molecule has 3 aromatic heterocycles. The molecule has 9 nitrogen and oxygen atoms in total. The number of hydrogen-bond acceptors (Lipinski definition) is 8. The number of H-pyrrole nitrogens is 1. The van der Waals surface area contributed by atoms with E-state index in [0.29, 0.717) is 22.3 Å². The predicted octanol–water partition coefficient (Wildman–Crippen LogP) is 5.21. The quantitative estimate of drug-likeness (QED) is 0.312. The normalized spacial score (nSPS) is 11.7. The molecule has 0 radical (unpaired) electrons. The SMILES string of the molecule is CCc1[nH]c2nc(Oc3cccc(S(C)(=O)=O)c3)nc(Oc3ccc4nccnc4c3)c2c1Br. The van der Waals surface area contributed by atoms with Crippen molar-refractivity contribution in [2.75, 3.05) is 6.26 Å². The minimum atomic E-state index is -3.39. The number of fused-ring (bicyclic) bond motifs is 2. The maximum Gasteiger partial charge on any atom is 0.327 e. The first-order chi connectivity index (χ1) is 16.3. The van der Waals surface area contributed by atoms with Crippen molar-refractivity contribution in [3.05, 3.63) is 65.0 Å². The van der Waals surface area contributed by atoms with Crippen molar-refractivity contribution in [2.24, 2.45) is 0 Å². The molecule has 3 heterocycles. The zero-order valence-corrected chi connectivity index (χ0v) is 20.5. The molecule has 11 heteroatoms. The fourth-order valence-electron chi connectivity index (χ4n) is 3.41. The zero-order chi connectivity index (χ0) is 23.9. The Balaban J connectivity index is 1.59. The van der Waals surface area contributed by atoms with Crippen LogP contribution in [0.3, 0.4) is 0 Å². The van der Waals surface area contributed by atoms with Gasteiger partial charge in [-0.05, 0) is 52.7 Å². The van der Waals surface area contributed by atoms with Crippen LogP contribution in [-0.2, 0) is 16.3 Å². The number of halogens is 1. The van der Waals surface area contributed by atoms with Crippen LogP contribution >= 0.6 is 15.9 Å². The van der Waals surface area contributed by atoms with Gasteiger partial charge in [-0.2, -0.15) is 9.97 Å². The van der Waals surface area contributed by atoms with Crippen LogP contribution < -0.4 is 9.47 Å². The third kappa shape index (κ3) is 4.31. The third-order valence-corrected chi connectivity index (χ3v) is 7.05. The number of nitrogens with zero attached hydrogens (tertiary/aromatic N) is 4. The number of hydrogen-bond donors (Lipinski definition) is 1. The Hall–Kier alpha value is -3.57. The van der Waals surface area contributed by atoms with Gasteiger partial charge in [-0.3, -0.25) is 9.97 Å². The fraction of sp³-hybridized carbons (Fsp3) is 0.130. The molecular weight excluding hydrogens is 522 g/mol. The molecule has 0 bridgehead atoms. The molecule has 0 unspecified atom stereocenters. The first-order valence-electron chi connectivity index (χ1n) is 10.3. The standard InChI is InChI=1S/C23H18BrN5O4S/c1-3-16-20(24)19-21(27-16)28-23(33-13-5-4-6-15(11-13)34(2,30)31)29-22(19)32-14-7-8-17-18(12-14)26-10-9-25-17/h4-12H,3H2,1-2H3,(H,27,28,29). The molecule has 172 valence electrons. The number of aryl methyl sites for hydroxylation is 1. The van der Waals surface area contributed by atoms with Gasteiger partial charge in [0.15, 0.2) is 9.84 Å². The van der Waals surface area contributed by atoms with E-state index in [1.54, 1.807) is 36.7 Å². The molecule has 1 N–H and O–H groups in total. The Bertz CT molecular complexity index is 1650. The van der Waals surface area contributed by atoms with Crippen LogP contribution in [0.4, 0.5) is 0 Å². The summed E-state index contributed by atoms with van der Waals surface area (Å²) < 4.78 is 36.6. The lowest BCUT2D eigenvalue weighted by molar-refractivity contribution is 0.416. The molecule has 5 rings (SSSR count). The van der Waals surface area contributed by atoms with E-state index in [-0.39, 0.29) is 22.5 Å². The van der Waals surface area contributed by atoms with E-state index in [2.05, 4.69) is 40.8 Å². The maximum atomic E-state index is 11.9. The van der Waals surface area contributed by atoms with Crippen molar-refractivity contribution < 1.29 is 17.9 Å². The van der Waals surface area contributed by atoms with Crippen LogP contribution in [0.5, 0.6) is 23.4 Å². The number of aromatic amines is 1. The predicted molar refractivity (Wildman–Crippen MR) is 130 cm³/mol. The minimum Gasteiger partial charge on any atom is -0.438 e. The van der Waals surface area contributed by atoms with Crippen molar-refractivity contribution >= 4 is 47.8 Å². The molecular formula is C23H18BrN5O4S. The fourth-order valence-corrected chi connectivity index (χ4v) is 4.81. The van der Waals surface area contributed by atoms with Gasteiger partial charge in [-0.25, -0.2) is 8.42 Å². The molecule has 0 aliphatic heterocycles. The molecule has 0 amide bonds. The van der Waals surface area contributed by atoms with Gasteiger partial charge < -0.3 is 14.5 Å².